The zero-order valence-corrected chi connectivity index (χ0v) is 8.94. The number of carbonyl (C=O) groups is 2. The summed E-state index contributed by atoms with van der Waals surface area (Å²) in [5.41, 5.74) is 1.03. The molecule has 0 spiro atoms. The molecule has 1 rings (SSSR count). The topological polar surface area (TPSA) is 76.7 Å². The first-order chi connectivity index (χ1) is 7.65. The highest BCUT2D eigenvalue weighted by Crippen LogP contribution is 2.15. The minimum Gasteiger partial charge on any atom is -0.453 e. The first-order valence-electron chi connectivity index (χ1n) is 4.45. The maximum Gasteiger partial charge on any atom is 0.411 e. The fourth-order valence-corrected chi connectivity index (χ4v) is 1.01. The van der Waals surface area contributed by atoms with Gasteiger partial charge in [0.05, 0.1) is 14.2 Å². The predicted molar refractivity (Wildman–Crippen MR) is 58.5 cm³/mol. The number of anilines is 2. The Hall–Kier alpha value is -2.24. The smallest absolute Gasteiger partial charge is 0.411 e. The molecule has 0 heterocycles. The first-order valence-corrected chi connectivity index (χ1v) is 4.45. The molecule has 0 aliphatic carbocycles. The van der Waals surface area contributed by atoms with E-state index >= 15 is 0 Å². The number of carbonyl (C=O) groups excluding carboxylic acids is 2. The average Bonchev–Trinajstić information content (AvgIpc) is 2.29. The molecule has 6 heteroatoms. The molecular weight excluding hydrogens is 212 g/mol. The predicted octanol–water partition coefficient (Wildman–Crippen LogP) is 2.04. The number of hydrogen-bond donors (Lipinski definition) is 2. The highest BCUT2D eigenvalue weighted by molar-refractivity contribution is 5.88. The van der Waals surface area contributed by atoms with Crippen molar-refractivity contribution in [1.29, 1.82) is 0 Å². The number of ether oxygens (including phenoxy) is 2. The Kier molecular flexibility index (Phi) is 4.14. The maximum absolute atomic E-state index is 10.9. The Morgan fingerprint density at radius 2 is 1.44 bits per heavy atom. The zero-order valence-electron chi connectivity index (χ0n) is 8.94. The molecule has 0 saturated carbocycles. The van der Waals surface area contributed by atoms with Crippen LogP contribution in [0, 0.1) is 0 Å². The van der Waals surface area contributed by atoms with Gasteiger partial charge in [0.1, 0.15) is 0 Å². The summed E-state index contributed by atoms with van der Waals surface area (Å²) in [6.45, 7) is 0. The lowest BCUT2D eigenvalue weighted by molar-refractivity contribution is 0.186. The van der Waals surface area contributed by atoms with Gasteiger partial charge >= 0.3 is 12.2 Å². The van der Waals surface area contributed by atoms with Crippen molar-refractivity contribution in [3.8, 4) is 0 Å². The van der Waals surface area contributed by atoms with Gasteiger partial charge in [-0.3, -0.25) is 10.6 Å². The highest BCUT2D eigenvalue weighted by atomic mass is 16.5. The number of methoxy groups -OCH3 is 2. The summed E-state index contributed by atoms with van der Waals surface area (Å²) in [7, 11) is 2.54. The molecule has 0 saturated heterocycles. The number of nitrogens with one attached hydrogen (secondary N) is 2. The van der Waals surface area contributed by atoms with E-state index in [-0.39, 0.29) is 0 Å². The lowest BCUT2D eigenvalue weighted by Crippen LogP contribution is -2.13. The molecule has 16 heavy (non-hydrogen) atoms. The van der Waals surface area contributed by atoms with Crippen LogP contribution in [0.4, 0.5) is 21.0 Å². The van der Waals surface area contributed by atoms with Crippen molar-refractivity contribution in [2.75, 3.05) is 24.9 Å². The number of amides is 2. The van der Waals surface area contributed by atoms with Crippen LogP contribution >= 0.6 is 0 Å². The summed E-state index contributed by atoms with van der Waals surface area (Å²) in [4.78, 5) is 21.9. The monoisotopic (exact) mass is 224 g/mol. The number of hydrogen-bond acceptors (Lipinski definition) is 4. The van der Waals surface area contributed by atoms with Gasteiger partial charge in [0.2, 0.25) is 0 Å². The van der Waals surface area contributed by atoms with Crippen LogP contribution in [0.5, 0.6) is 0 Å². The third kappa shape index (κ3) is 3.49. The largest absolute Gasteiger partial charge is 0.453 e. The molecule has 0 aliphatic rings. The van der Waals surface area contributed by atoms with Crippen molar-refractivity contribution in [1.82, 2.24) is 0 Å². The van der Waals surface area contributed by atoms with Gasteiger partial charge in [-0.2, -0.15) is 0 Å². The lowest BCUT2D eigenvalue weighted by Gasteiger charge is -2.07. The Labute approximate surface area is 92.5 Å². The number of rotatable bonds is 2. The summed E-state index contributed by atoms with van der Waals surface area (Å²) in [6, 6.07) is 6.59. The van der Waals surface area contributed by atoms with Crippen LogP contribution in [-0.4, -0.2) is 26.4 Å². The van der Waals surface area contributed by atoms with Gasteiger partial charge in [-0.25, -0.2) is 9.59 Å². The van der Waals surface area contributed by atoms with Gasteiger partial charge in [0.15, 0.2) is 0 Å². The molecule has 6 nitrogen and oxygen atoms in total. The minimum absolute atomic E-state index is 0.515. The van der Waals surface area contributed by atoms with Gasteiger partial charge in [-0.05, 0) is 18.2 Å². The summed E-state index contributed by atoms with van der Waals surface area (Å²) in [6.07, 6.45) is -1.15. The van der Waals surface area contributed by atoms with Crippen molar-refractivity contribution >= 4 is 23.6 Å². The molecule has 2 N–H and O–H groups in total. The molecule has 0 aromatic heterocycles. The average molecular weight is 224 g/mol. The minimum atomic E-state index is -0.574. The van der Waals surface area contributed by atoms with Crippen molar-refractivity contribution < 1.29 is 19.1 Å². The van der Waals surface area contributed by atoms with Crippen LogP contribution in [-0.2, 0) is 9.47 Å². The standard InChI is InChI=1S/C10H12N2O4/c1-15-9(13)11-7-4-3-5-8(6-7)12-10(14)16-2/h3-6H,1-2H3,(H,11,13)(H,12,14). The van der Waals surface area contributed by atoms with Gasteiger partial charge in [0, 0.05) is 11.4 Å². The molecule has 2 amide bonds. The van der Waals surface area contributed by atoms with Gasteiger partial charge in [-0.1, -0.05) is 6.07 Å². The summed E-state index contributed by atoms with van der Waals surface area (Å²) >= 11 is 0. The molecule has 0 unspecified atom stereocenters. The highest BCUT2D eigenvalue weighted by Gasteiger charge is 2.03. The summed E-state index contributed by atoms with van der Waals surface area (Å²) in [5, 5.41) is 4.94. The van der Waals surface area contributed by atoms with E-state index in [9.17, 15) is 9.59 Å². The maximum atomic E-state index is 10.9. The van der Waals surface area contributed by atoms with Crippen LogP contribution in [0.2, 0.25) is 0 Å². The van der Waals surface area contributed by atoms with E-state index in [1.165, 1.54) is 14.2 Å². The molecule has 0 aliphatic heterocycles. The van der Waals surface area contributed by atoms with E-state index in [2.05, 4.69) is 20.1 Å². The van der Waals surface area contributed by atoms with Crippen molar-refractivity contribution in [3.05, 3.63) is 24.3 Å². The van der Waals surface area contributed by atoms with Crippen LogP contribution in [0.3, 0.4) is 0 Å². The molecule has 0 bridgehead atoms. The molecule has 86 valence electrons. The third-order valence-electron chi connectivity index (χ3n) is 1.73. The van der Waals surface area contributed by atoms with Gasteiger partial charge in [-0.15, -0.1) is 0 Å². The third-order valence-corrected chi connectivity index (χ3v) is 1.73. The molecule has 1 aromatic carbocycles. The molecule has 0 radical (unpaired) electrons. The van der Waals surface area contributed by atoms with Crippen molar-refractivity contribution in [3.63, 3.8) is 0 Å². The summed E-state index contributed by atoms with van der Waals surface area (Å²) in [5.74, 6) is 0. The van der Waals surface area contributed by atoms with E-state index in [0.717, 1.165) is 0 Å². The van der Waals surface area contributed by atoms with Crippen molar-refractivity contribution in [2.24, 2.45) is 0 Å². The molecule has 0 atom stereocenters. The van der Waals surface area contributed by atoms with Gasteiger partial charge < -0.3 is 9.47 Å². The molecular formula is C10H12N2O4. The van der Waals surface area contributed by atoms with E-state index in [0.29, 0.717) is 11.4 Å². The van der Waals surface area contributed by atoms with Crippen LogP contribution < -0.4 is 10.6 Å². The quantitative estimate of drug-likeness (QED) is 0.805. The Bertz CT molecular complexity index is 359. The van der Waals surface area contributed by atoms with E-state index in [1.54, 1.807) is 24.3 Å². The Morgan fingerprint density at radius 1 is 1.00 bits per heavy atom. The second kappa shape index (κ2) is 5.59. The first kappa shape index (κ1) is 11.8. The molecule has 1 aromatic rings. The van der Waals surface area contributed by atoms with E-state index in [1.807, 2.05) is 0 Å². The Balaban J connectivity index is 2.71. The second-order valence-electron chi connectivity index (χ2n) is 2.81. The van der Waals surface area contributed by atoms with E-state index in [4.69, 9.17) is 0 Å². The fraction of sp³-hybridized carbons (Fsp3) is 0.200. The number of benzene rings is 1. The van der Waals surface area contributed by atoms with Gasteiger partial charge in [0.25, 0.3) is 0 Å². The normalized spacial score (nSPS) is 9.12. The fourth-order valence-electron chi connectivity index (χ4n) is 1.01. The van der Waals surface area contributed by atoms with Crippen LogP contribution in [0.1, 0.15) is 0 Å². The van der Waals surface area contributed by atoms with Crippen LogP contribution in [0.25, 0.3) is 0 Å². The van der Waals surface area contributed by atoms with Crippen molar-refractivity contribution in [2.45, 2.75) is 0 Å². The van der Waals surface area contributed by atoms with Crippen LogP contribution in [0.15, 0.2) is 24.3 Å². The molecule has 0 fully saturated rings. The SMILES string of the molecule is COC(=O)Nc1cccc(NC(=O)OC)c1. The Morgan fingerprint density at radius 3 is 1.81 bits per heavy atom. The summed E-state index contributed by atoms with van der Waals surface area (Å²) < 4.78 is 8.87. The zero-order chi connectivity index (χ0) is 12.0. The second-order valence-corrected chi connectivity index (χ2v) is 2.81. The lowest BCUT2D eigenvalue weighted by atomic mass is 10.3. The van der Waals surface area contributed by atoms with E-state index < -0.39 is 12.2 Å².